The summed E-state index contributed by atoms with van der Waals surface area (Å²) in [5.41, 5.74) is 5.52. The SMILES string of the molecule is CC(=O)[C@H](CCCCNC(=O)COCCOCCNC(=O)COCCOCCCC(=O)CC[C@H](CC(=O)CCCCCCCCCCCCCCCCC(=O)O)C(=O)O)CC(=O)[C@H](N)CO. The Morgan fingerprint density at radius 3 is 1.48 bits per heavy atom. The van der Waals surface area contributed by atoms with Gasteiger partial charge in [-0.2, -0.15) is 0 Å². The van der Waals surface area contributed by atoms with E-state index in [0.717, 1.165) is 44.9 Å². The van der Waals surface area contributed by atoms with Crippen LogP contribution in [0.5, 0.6) is 0 Å². The third-order valence-electron chi connectivity index (χ3n) is 11.1. The summed E-state index contributed by atoms with van der Waals surface area (Å²) in [7, 11) is 0. The highest BCUT2D eigenvalue weighted by Gasteiger charge is 2.23. The molecule has 0 aliphatic heterocycles. The molecule has 2 amide bonds. The summed E-state index contributed by atoms with van der Waals surface area (Å²) in [6.45, 7) is 2.70. The molecule has 0 aromatic rings. The van der Waals surface area contributed by atoms with Gasteiger partial charge in [-0.1, -0.05) is 83.5 Å². The van der Waals surface area contributed by atoms with Crippen molar-refractivity contribution < 1.29 is 72.6 Å². The van der Waals surface area contributed by atoms with Crippen molar-refractivity contribution in [2.75, 3.05) is 72.6 Å². The van der Waals surface area contributed by atoms with E-state index in [1.807, 2.05) is 0 Å². The molecule has 0 spiro atoms. The molecule has 0 radical (unpaired) electrons. The number of ether oxygens (including phenoxy) is 4. The summed E-state index contributed by atoms with van der Waals surface area (Å²) >= 11 is 0. The topological polar surface area (TPSA) is 284 Å². The van der Waals surface area contributed by atoms with Gasteiger partial charge in [-0.25, -0.2) is 0 Å². The Morgan fingerprint density at radius 1 is 0.485 bits per heavy atom. The summed E-state index contributed by atoms with van der Waals surface area (Å²) < 4.78 is 21.5. The van der Waals surface area contributed by atoms with E-state index in [1.54, 1.807) is 0 Å². The number of hydrogen-bond donors (Lipinski definition) is 6. The molecule has 0 unspecified atom stereocenters. The van der Waals surface area contributed by atoms with Crippen LogP contribution >= 0.6 is 0 Å². The van der Waals surface area contributed by atoms with Crippen molar-refractivity contribution in [2.45, 2.75) is 173 Å². The first-order valence-corrected chi connectivity index (χ1v) is 24.5. The zero-order valence-corrected chi connectivity index (χ0v) is 40.0. The third-order valence-corrected chi connectivity index (χ3v) is 11.1. The maximum Gasteiger partial charge on any atom is 0.306 e. The largest absolute Gasteiger partial charge is 0.481 e. The van der Waals surface area contributed by atoms with Crippen LogP contribution in [0.25, 0.3) is 0 Å². The number of Topliss-reactive ketones (excluding diaryl/α,β-unsaturated/α-hetero) is 4. The van der Waals surface area contributed by atoms with Gasteiger partial charge in [0.25, 0.3) is 0 Å². The highest BCUT2D eigenvalue weighted by Crippen LogP contribution is 2.18. The predicted molar refractivity (Wildman–Crippen MR) is 248 cm³/mol. The minimum absolute atomic E-state index is 0.00421. The number of aliphatic hydroxyl groups excluding tert-OH is 1. The van der Waals surface area contributed by atoms with Crippen LogP contribution in [0.2, 0.25) is 0 Å². The lowest BCUT2D eigenvalue weighted by molar-refractivity contribution is -0.144. The Labute approximate surface area is 392 Å². The van der Waals surface area contributed by atoms with E-state index in [1.165, 1.54) is 51.9 Å². The number of nitrogens with two attached hydrogens (primary N) is 1. The van der Waals surface area contributed by atoms with Gasteiger partial charge in [0.15, 0.2) is 5.78 Å². The monoisotopic (exact) mass is 944 g/mol. The second-order valence-electron chi connectivity index (χ2n) is 17.1. The van der Waals surface area contributed by atoms with E-state index < -0.39 is 36.4 Å². The number of carboxylic acids is 2. The first-order chi connectivity index (χ1) is 31.8. The molecule has 66 heavy (non-hydrogen) atoms. The van der Waals surface area contributed by atoms with Crippen molar-refractivity contribution in [3.05, 3.63) is 0 Å². The smallest absolute Gasteiger partial charge is 0.306 e. The molecule has 18 nitrogen and oxygen atoms in total. The van der Waals surface area contributed by atoms with Crippen molar-refractivity contribution in [1.82, 2.24) is 10.6 Å². The lowest BCUT2D eigenvalue weighted by Crippen LogP contribution is -2.36. The van der Waals surface area contributed by atoms with E-state index in [0.29, 0.717) is 45.3 Å². The quantitative estimate of drug-likeness (QED) is 0.0435. The molecule has 7 N–H and O–H groups in total. The first kappa shape index (κ1) is 62.3. The molecule has 18 heteroatoms. The van der Waals surface area contributed by atoms with E-state index in [2.05, 4.69) is 10.6 Å². The van der Waals surface area contributed by atoms with Crippen LogP contribution < -0.4 is 16.4 Å². The number of amides is 2. The molecule has 0 aliphatic carbocycles. The molecule has 0 aromatic carbocycles. The van der Waals surface area contributed by atoms with Crippen molar-refractivity contribution >= 4 is 46.9 Å². The zero-order valence-electron chi connectivity index (χ0n) is 40.0. The van der Waals surface area contributed by atoms with Crippen LogP contribution in [0.15, 0.2) is 0 Å². The fourth-order valence-corrected chi connectivity index (χ4v) is 7.06. The molecule has 0 aliphatic rings. The highest BCUT2D eigenvalue weighted by molar-refractivity contribution is 5.89. The number of unbranched alkanes of at least 4 members (excludes halogenated alkanes) is 14. The minimum Gasteiger partial charge on any atom is -0.481 e. The number of carbonyl (C=O) groups is 8. The van der Waals surface area contributed by atoms with Gasteiger partial charge >= 0.3 is 11.9 Å². The average Bonchev–Trinajstić information content (AvgIpc) is 3.28. The summed E-state index contributed by atoms with van der Waals surface area (Å²) in [4.78, 5) is 94.7. The zero-order chi connectivity index (χ0) is 49.0. The van der Waals surface area contributed by atoms with Gasteiger partial charge in [0.05, 0.1) is 51.6 Å². The molecule has 3 atom stereocenters. The number of nitrogens with one attached hydrogen (secondary N) is 2. The molecule has 0 bridgehead atoms. The number of rotatable bonds is 50. The lowest BCUT2D eigenvalue weighted by Gasteiger charge is -2.15. The van der Waals surface area contributed by atoms with Gasteiger partial charge in [-0.05, 0) is 45.4 Å². The van der Waals surface area contributed by atoms with Gasteiger partial charge < -0.3 is 50.6 Å². The Balaban J connectivity index is 3.71. The minimum atomic E-state index is -1.05. The molecule has 0 heterocycles. The van der Waals surface area contributed by atoms with Crippen molar-refractivity contribution in [3.8, 4) is 0 Å². The van der Waals surface area contributed by atoms with Gasteiger partial charge in [0, 0.05) is 64.1 Å². The summed E-state index contributed by atoms with van der Waals surface area (Å²) in [6, 6.07) is -0.983. The number of carboxylic acid groups (broad SMARTS) is 2. The van der Waals surface area contributed by atoms with Crippen LogP contribution in [-0.2, 0) is 57.3 Å². The molecule has 0 rings (SSSR count). The van der Waals surface area contributed by atoms with E-state index in [-0.39, 0.29) is 126 Å². The van der Waals surface area contributed by atoms with Crippen molar-refractivity contribution in [2.24, 2.45) is 17.6 Å². The van der Waals surface area contributed by atoms with Gasteiger partial charge in [-0.15, -0.1) is 0 Å². The average molecular weight is 944 g/mol. The second-order valence-corrected chi connectivity index (χ2v) is 17.1. The summed E-state index contributed by atoms with van der Waals surface area (Å²) in [5, 5.41) is 32.7. The lowest BCUT2D eigenvalue weighted by atomic mass is 9.91. The maximum atomic E-state index is 12.5. The molecule has 0 saturated heterocycles. The Kier molecular flexibility index (Phi) is 41.4. The fourth-order valence-electron chi connectivity index (χ4n) is 7.06. The van der Waals surface area contributed by atoms with E-state index >= 15 is 0 Å². The van der Waals surface area contributed by atoms with Crippen LogP contribution in [0, 0.1) is 11.8 Å². The Hall–Kier alpha value is -3.68. The molecular formula is C48H85N3O15. The number of aliphatic carboxylic acids is 2. The highest BCUT2D eigenvalue weighted by atomic mass is 16.5. The van der Waals surface area contributed by atoms with E-state index in [4.69, 9.17) is 34.9 Å². The molecule has 0 aromatic heterocycles. The number of carbonyl (C=O) groups excluding carboxylic acids is 6. The van der Waals surface area contributed by atoms with Crippen LogP contribution in [-0.4, -0.2) is 141 Å². The fraction of sp³-hybridized carbons (Fsp3) is 0.833. The van der Waals surface area contributed by atoms with Crippen LogP contribution in [0.1, 0.15) is 167 Å². The predicted octanol–water partition coefficient (Wildman–Crippen LogP) is 5.06. The summed E-state index contributed by atoms with van der Waals surface area (Å²) in [5.74, 6) is -4.31. The molecule has 0 fully saturated rings. The normalized spacial score (nSPS) is 12.6. The maximum absolute atomic E-state index is 12.5. The number of ketones is 4. The van der Waals surface area contributed by atoms with Gasteiger partial charge in [-0.3, -0.25) is 38.4 Å². The van der Waals surface area contributed by atoms with Crippen molar-refractivity contribution in [1.29, 1.82) is 0 Å². The standard InChI is InChI=1S/C48H85N3O15/c1-38(53)39(34-44(56)43(49)35-52)19-16-17-25-50-45(57)36-66-32-30-64-28-26-51-46(58)37-65-31-29-63-27-18-21-41(54)24-23-40(48(61)62)33-42(55)20-14-12-10-8-6-4-2-3-5-7-9-11-13-15-22-47(59)60/h39-40,43,52H,2-37,49H2,1H3,(H,50,57)(H,51,58)(H,59,60)(H,61,62)/t39-,40-,43-/m1/s1. The molecule has 0 saturated carbocycles. The van der Waals surface area contributed by atoms with Crippen molar-refractivity contribution in [3.63, 3.8) is 0 Å². The third kappa shape index (κ3) is 40.6. The summed E-state index contributed by atoms with van der Waals surface area (Å²) in [6.07, 6.45) is 18.5. The molecule has 382 valence electrons. The van der Waals surface area contributed by atoms with Gasteiger partial charge in [0.1, 0.15) is 30.6 Å². The number of aliphatic hydroxyl groups is 1. The second kappa shape index (κ2) is 43.9. The van der Waals surface area contributed by atoms with Crippen LogP contribution in [0.3, 0.4) is 0 Å². The molecular weight excluding hydrogens is 859 g/mol. The Bertz CT molecular complexity index is 1350. The first-order valence-electron chi connectivity index (χ1n) is 24.5. The number of hydrogen-bond acceptors (Lipinski definition) is 14. The van der Waals surface area contributed by atoms with Gasteiger partial charge in [0.2, 0.25) is 11.8 Å². The van der Waals surface area contributed by atoms with Crippen LogP contribution in [0.4, 0.5) is 0 Å². The van der Waals surface area contributed by atoms with E-state index in [9.17, 15) is 43.5 Å². The Morgan fingerprint density at radius 2 is 0.970 bits per heavy atom.